The lowest BCUT2D eigenvalue weighted by Crippen LogP contribution is -2.48. The molecule has 1 aromatic carbocycles. The van der Waals surface area contributed by atoms with E-state index < -0.39 is 11.9 Å². The van der Waals surface area contributed by atoms with Crippen molar-refractivity contribution in [2.45, 2.75) is 44.3 Å². The van der Waals surface area contributed by atoms with E-state index in [4.69, 9.17) is 9.15 Å². The summed E-state index contributed by atoms with van der Waals surface area (Å²) in [5.74, 6) is -0.316. The van der Waals surface area contributed by atoms with Gasteiger partial charge in [-0.15, -0.1) is 11.3 Å². The van der Waals surface area contributed by atoms with Gasteiger partial charge in [-0.1, -0.05) is 31.0 Å². The van der Waals surface area contributed by atoms with Crippen LogP contribution in [0.3, 0.4) is 0 Å². The van der Waals surface area contributed by atoms with E-state index in [1.54, 1.807) is 13.2 Å². The number of thiophene rings is 1. The third-order valence-electron chi connectivity index (χ3n) is 6.03. The van der Waals surface area contributed by atoms with Gasteiger partial charge in [-0.2, -0.15) is 0 Å². The van der Waals surface area contributed by atoms with E-state index in [0.29, 0.717) is 5.75 Å². The first kappa shape index (κ1) is 24.5. The van der Waals surface area contributed by atoms with E-state index in [0.717, 1.165) is 36.1 Å². The highest BCUT2D eigenvalue weighted by Gasteiger charge is 2.34. The van der Waals surface area contributed by atoms with Crippen molar-refractivity contribution < 1.29 is 23.5 Å². The summed E-state index contributed by atoms with van der Waals surface area (Å²) < 4.78 is 10.5. The van der Waals surface area contributed by atoms with E-state index in [1.807, 2.05) is 41.8 Å². The van der Waals surface area contributed by atoms with Crippen LogP contribution in [-0.2, 0) is 16.1 Å². The number of furan rings is 1. The second kappa shape index (κ2) is 11.7. The SMILES string of the molecule is COc1cccc(CN(C(=O)CNC(=O)c2ccco2)C(C(=O)NC2CCCC2)c2cccs2)c1. The highest BCUT2D eigenvalue weighted by molar-refractivity contribution is 7.10. The molecule has 2 heterocycles. The van der Waals surface area contributed by atoms with E-state index >= 15 is 0 Å². The summed E-state index contributed by atoms with van der Waals surface area (Å²) in [6.45, 7) is -0.102. The molecule has 35 heavy (non-hydrogen) atoms. The maximum atomic E-state index is 13.6. The second-order valence-electron chi connectivity index (χ2n) is 8.44. The van der Waals surface area contributed by atoms with Crippen molar-refractivity contribution in [2.75, 3.05) is 13.7 Å². The summed E-state index contributed by atoms with van der Waals surface area (Å²) in [6.07, 6.45) is 5.43. The molecule has 0 aliphatic heterocycles. The Hall–Kier alpha value is -3.59. The van der Waals surface area contributed by atoms with Crippen molar-refractivity contribution in [3.05, 3.63) is 76.4 Å². The van der Waals surface area contributed by atoms with Gasteiger partial charge in [-0.25, -0.2) is 0 Å². The molecule has 0 radical (unpaired) electrons. The van der Waals surface area contributed by atoms with Crippen molar-refractivity contribution in [1.82, 2.24) is 15.5 Å². The summed E-state index contributed by atoms with van der Waals surface area (Å²) in [4.78, 5) is 41.7. The number of hydrogen-bond acceptors (Lipinski definition) is 6. The highest BCUT2D eigenvalue weighted by atomic mass is 32.1. The average Bonchev–Trinajstić information content (AvgIpc) is 3.66. The van der Waals surface area contributed by atoms with Gasteiger partial charge in [0.05, 0.1) is 19.9 Å². The molecule has 1 unspecified atom stereocenters. The molecule has 3 amide bonds. The number of carbonyl (C=O) groups excluding carboxylic acids is 3. The summed E-state index contributed by atoms with van der Waals surface area (Å²) in [6, 6.07) is 13.5. The fraction of sp³-hybridized carbons (Fsp3) is 0.346. The van der Waals surface area contributed by atoms with Crippen molar-refractivity contribution in [1.29, 1.82) is 0 Å². The first-order chi connectivity index (χ1) is 17.0. The quantitative estimate of drug-likeness (QED) is 0.444. The van der Waals surface area contributed by atoms with Gasteiger partial charge in [0.1, 0.15) is 11.8 Å². The molecule has 2 N–H and O–H groups in total. The van der Waals surface area contributed by atoms with E-state index in [9.17, 15) is 14.4 Å². The largest absolute Gasteiger partial charge is 0.497 e. The Kier molecular flexibility index (Phi) is 8.20. The third kappa shape index (κ3) is 6.30. The van der Waals surface area contributed by atoms with Crippen LogP contribution >= 0.6 is 11.3 Å². The Bertz CT molecular complexity index is 1120. The van der Waals surface area contributed by atoms with Gasteiger partial charge in [0.2, 0.25) is 11.8 Å². The molecule has 1 saturated carbocycles. The molecule has 4 rings (SSSR count). The molecule has 0 bridgehead atoms. The molecule has 1 atom stereocenters. The molecule has 9 heteroatoms. The fourth-order valence-electron chi connectivity index (χ4n) is 4.26. The molecule has 184 valence electrons. The Labute approximate surface area is 208 Å². The number of amides is 3. The number of carbonyl (C=O) groups is 3. The van der Waals surface area contributed by atoms with E-state index in [1.165, 1.54) is 28.6 Å². The molecule has 0 spiro atoms. The van der Waals surface area contributed by atoms with Crippen molar-refractivity contribution in [3.8, 4) is 5.75 Å². The van der Waals surface area contributed by atoms with Crippen LogP contribution in [-0.4, -0.2) is 42.3 Å². The normalized spacial score (nSPS) is 14.3. The average molecular weight is 496 g/mol. The number of hydrogen-bond donors (Lipinski definition) is 2. The highest BCUT2D eigenvalue weighted by Crippen LogP contribution is 2.29. The number of nitrogens with one attached hydrogen (secondary N) is 2. The molecule has 1 aliphatic rings. The van der Waals surface area contributed by atoms with E-state index in [-0.39, 0.29) is 36.7 Å². The number of ether oxygens (including phenoxy) is 1. The minimum Gasteiger partial charge on any atom is -0.497 e. The standard InChI is InChI=1S/C26H29N3O5S/c1-33-20-10-4-7-18(15-20)17-29(23(30)16-27-25(31)21-11-5-13-34-21)24(22-12-6-14-35-22)26(32)28-19-8-2-3-9-19/h4-7,10-15,19,24H,2-3,8-9,16-17H2,1H3,(H,27,31)(H,28,32). The lowest BCUT2D eigenvalue weighted by molar-refractivity contribution is -0.141. The Morgan fingerprint density at radius 2 is 1.97 bits per heavy atom. The van der Waals surface area contributed by atoms with Gasteiger partial charge in [0.25, 0.3) is 5.91 Å². The lowest BCUT2D eigenvalue weighted by atomic mass is 10.1. The lowest BCUT2D eigenvalue weighted by Gasteiger charge is -2.31. The zero-order valence-corrected chi connectivity index (χ0v) is 20.4. The zero-order valence-electron chi connectivity index (χ0n) is 19.6. The van der Waals surface area contributed by atoms with Gasteiger partial charge < -0.3 is 24.7 Å². The summed E-state index contributed by atoms with van der Waals surface area (Å²) in [7, 11) is 1.58. The number of methoxy groups -OCH3 is 1. The molecule has 1 fully saturated rings. The smallest absolute Gasteiger partial charge is 0.287 e. The van der Waals surface area contributed by atoms with Gasteiger partial charge in [0, 0.05) is 17.5 Å². The van der Waals surface area contributed by atoms with E-state index in [2.05, 4.69) is 10.6 Å². The van der Waals surface area contributed by atoms with Crippen LogP contribution in [0, 0.1) is 0 Å². The van der Waals surface area contributed by atoms with Crippen LogP contribution in [0.4, 0.5) is 0 Å². The molecule has 1 aliphatic carbocycles. The minimum atomic E-state index is -0.824. The van der Waals surface area contributed by atoms with Crippen LogP contribution in [0.15, 0.2) is 64.6 Å². The predicted octanol–water partition coefficient (Wildman–Crippen LogP) is 3.91. The van der Waals surface area contributed by atoms with Crippen LogP contribution in [0.5, 0.6) is 5.75 Å². The Morgan fingerprint density at radius 1 is 1.14 bits per heavy atom. The first-order valence-electron chi connectivity index (χ1n) is 11.6. The van der Waals surface area contributed by atoms with Crippen LogP contribution in [0.1, 0.15) is 52.7 Å². The van der Waals surface area contributed by atoms with Gasteiger partial charge >= 0.3 is 0 Å². The summed E-state index contributed by atoms with van der Waals surface area (Å²) in [5, 5.41) is 7.64. The van der Waals surface area contributed by atoms with Gasteiger partial charge in [-0.3, -0.25) is 14.4 Å². The molecular weight excluding hydrogens is 466 g/mol. The molecule has 0 saturated heterocycles. The van der Waals surface area contributed by atoms with Gasteiger partial charge in [0.15, 0.2) is 5.76 Å². The monoisotopic (exact) mass is 495 g/mol. The molecule has 2 aromatic heterocycles. The Balaban J connectivity index is 1.60. The molecular formula is C26H29N3O5S. The molecule has 3 aromatic rings. The zero-order chi connectivity index (χ0) is 24.6. The molecule has 8 nitrogen and oxygen atoms in total. The number of benzene rings is 1. The first-order valence-corrected chi connectivity index (χ1v) is 12.5. The van der Waals surface area contributed by atoms with Crippen LogP contribution < -0.4 is 15.4 Å². The maximum Gasteiger partial charge on any atom is 0.287 e. The second-order valence-corrected chi connectivity index (χ2v) is 9.42. The summed E-state index contributed by atoms with van der Waals surface area (Å²) in [5.41, 5.74) is 0.810. The predicted molar refractivity (Wildman–Crippen MR) is 132 cm³/mol. The maximum absolute atomic E-state index is 13.6. The third-order valence-corrected chi connectivity index (χ3v) is 6.95. The number of nitrogens with zero attached hydrogens (tertiary/aromatic N) is 1. The van der Waals surface area contributed by atoms with Crippen LogP contribution in [0.2, 0.25) is 0 Å². The van der Waals surface area contributed by atoms with Crippen molar-refractivity contribution >= 4 is 29.1 Å². The van der Waals surface area contributed by atoms with Crippen molar-refractivity contribution in [2.24, 2.45) is 0 Å². The number of rotatable bonds is 10. The Morgan fingerprint density at radius 3 is 2.66 bits per heavy atom. The summed E-state index contributed by atoms with van der Waals surface area (Å²) >= 11 is 1.42. The van der Waals surface area contributed by atoms with Gasteiger partial charge in [-0.05, 0) is 54.1 Å². The van der Waals surface area contributed by atoms with Crippen molar-refractivity contribution in [3.63, 3.8) is 0 Å². The topological polar surface area (TPSA) is 101 Å². The van der Waals surface area contributed by atoms with Crippen LogP contribution in [0.25, 0.3) is 0 Å². The minimum absolute atomic E-state index is 0.109. The fourth-order valence-corrected chi connectivity index (χ4v) is 5.10.